The molecule has 1 aromatic rings. The zero-order chi connectivity index (χ0) is 12.1. The number of rotatable bonds is 5. The first kappa shape index (κ1) is 13.1. The molecule has 1 rings (SSSR count). The maximum atomic E-state index is 11.3. The molecule has 0 aromatic carbocycles. The molecule has 0 aliphatic rings. The third-order valence-corrected chi connectivity index (χ3v) is 3.66. The molecule has 0 fully saturated rings. The average Bonchev–Trinajstić information content (AvgIpc) is 2.72. The number of hydrogen-bond donors (Lipinski definition) is 1. The number of carbonyl (C=O) groups excluding carboxylic acids is 1. The zero-order valence-corrected chi connectivity index (χ0v) is 10.4. The van der Waals surface area contributed by atoms with Crippen molar-refractivity contribution in [2.24, 2.45) is 0 Å². The van der Waals surface area contributed by atoms with Crippen LogP contribution in [0.25, 0.3) is 0 Å². The summed E-state index contributed by atoms with van der Waals surface area (Å²) in [4.78, 5) is 11.3. The van der Waals surface area contributed by atoms with E-state index in [0.29, 0.717) is 17.1 Å². The van der Waals surface area contributed by atoms with Crippen molar-refractivity contribution in [3.8, 4) is 0 Å². The Hall–Kier alpha value is -0.940. The van der Waals surface area contributed by atoms with Gasteiger partial charge in [-0.3, -0.25) is 0 Å². The third kappa shape index (κ3) is 3.28. The smallest absolute Gasteiger partial charge is 0.341 e. The van der Waals surface area contributed by atoms with E-state index in [1.807, 2.05) is 6.92 Å². The van der Waals surface area contributed by atoms with E-state index < -0.39 is 5.97 Å². The molecule has 1 aromatic heterocycles. The van der Waals surface area contributed by atoms with Crippen molar-refractivity contribution in [1.29, 1.82) is 0 Å². The Morgan fingerprint density at radius 3 is 2.88 bits per heavy atom. The van der Waals surface area contributed by atoms with Crippen LogP contribution in [0.3, 0.4) is 0 Å². The summed E-state index contributed by atoms with van der Waals surface area (Å²) in [5, 5.41) is 9.42. The van der Waals surface area contributed by atoms with Gasteiger partial charge >= 0.3 is 5.97 Å². The van der Waals surface area contributed by atoms with Crippen LogP contribution in [0.2, 0.25) is 0 Å². The fourth-order valence-electron chi connectivity index (χ4n) is 1.09. The van der Waals surface area contributed by atoms with Crippen LogP contribution in [0, 0.1) is 0 Å². The second-order valence-corrected chi connectivity index (χ2v) is 4.87. The van der Waals surface area contributed by atoms with Crippen LogP contribution in [0.4, 0.5) is 0 Å². The number of furan rings is 1. The summed E-state index contributed by atoms with van der Waals surface area (Å²) in [5.74, 6) is 0.738. The van der Waals surface area contributed by atoms with Gasteiger partial charge in [0.05, 0.1) is 25.2 Å². The average molecular weight is 244 g/mol. The second-order valence-electron chi connectivity index (χ2n) is 3.51. The van der Waals surface area contributed by atoms with E-state index in [4.69, 9.17) is 4.42 Å². The van der Waals surface area contributed by atoms with E-state index in [-0.39, 0.29) is 11.4 Å². The predicted octanol–water partition coefficient (Wildman–Crippen LogP) is 2.07. The van der Waals surface area contributed by atoms with Crippen LogP contribution < -0.4 is 0 Å². The van der Waals surface area contributed by atoms with E-state index in [9.17, 15) is 9.90 Å². The Kier molecular flexibility index (Phi) is 4.89. The highest BCUT2D eigenvalue weighted by molar-refractivity contribution is 7.99. The standard InChI is InChI=1S/C11H16O4S/c1-7(12)8(2)16-6-10-9(4-5-15-10)11(13)14-3/h4-5,7-8,12H,6H2,1-3H3/t7-,8+/m1/s1. The summed E-state index contributed by atoms with van der Waals surface area (Å²) < 4.78 is 9.85. The first-order chi connectivity index (χ1) is 7.56. The highest BCUT2D eigenvalue weighted by Gasteiger charge is 2.17. The van der Waals surface area contributed by atoms with Gasteiger partial charge in [0.2, 0.25) is 0 Å². The minimum atomic E-state index is -0.394. The van der Waals surface area contributed by atoms with E-state index in [1.54, 1.807) is 13.0 Å². The quantitative estimate of drug-likeness (QED) is 0.803. The molecule has 0 amide bonds. The number of hydrogen-bond acceptors (Lipinski definition) is 5. The van der Waals surface area contributed by atoms with Gasteiger partial charge < -0.3 is 14.3 Å². The lowest BCUT2D eigenvalue weighted by molar-refractivity contribution is 0.0598. The maximum Gasteiger partial charge on any atom is 0.341 e. The molecule has 0 saturated carbocycles. The van der Waals surface area contributed by atoms with Crippen LogP contribution in [-0.2, 0) is 10.5 Å². The van der Waals surface area contributed by atoms with Crippen molar-refractivity contribution >= 4 is 17.7 Å². The molecule has 90 valence electrons. The van der Waals surface area contributed by atoms with Crippen LogP contribution in [0.1, 0.15) is 30.0 Å². The lowest BCUT2D eigenvalue weighted by atomic mass is 10.3. The van der Waals surface area contributed by atoms with Gasteiger partial charge in [-0.15, -0.1) is 11.8 Å². The van der Waals surface area contributed by atoms with Gasteiger partial charge in [-0.2, -0.15) is 0 Å². The number of aliphatic hydroxyl groups excluding tert-OH is 1. The Balaban J connectivity index is 2.61. The highest BCUT2D eigenvalue weighted by atomic mass is 32.2. The molecule has 2 atom stereocenters. The summed E-state index contributed by atoms with van der Waals surface area (Å²) >= 11 is 1.53. The van der Waals surface area contributed by atoms with Crippen molar-refractivity contribution in [1.82, 2.24) is 0 Å². The van der Waals surface area contributed by atoms with E-state index in [0.717, 1.165) is 0 Å². The van der Waals surface area contributed by atoms with E-state index >= 15 is 0 Å². The SMILES string of the molecule is COC(=O)c1ccoc1CS[C@@H](C)[C@@H](C)O. The zero-order valence-electron chi connectivity index (χ0n) is 9.60. The molecule has 0 aliphatic heterocycles. The lowest BCUT2D eigenvalue weighted by Gasteiger charge is -2.13. The van der Waals surface area contributed by atoms with E-state index in [2.05, 4.69) is 4.74 Å². The van der Waals surface area contributed by atoms with Crippen LogP contribution >= 0.6 is 11.8 Å². The minimum Gasteiger partial charge on any atom is -0.468 e. The van der Waals surface area contributed by atoms with Crippen LogP contribution in [0.15, 0.2) is 16.7 Å². The molecule has 0 aliphatic carbocycles. The Bertz CT molecular complexity index is 346. The van der Waals surface area contributed by atoms with Crippen molar-refractivity contribution in [2.45, 2.75) is 31.0 Å². The first-order valence-electron chi connectivity index (χ1n) is 5.00. The van der Waals surface area contributed by atoms with Gasteiger partial charge in [0.25, 0.3) is 0 Å². The Morgan fingerprint density at radius 2 is 2.31 bits per heavy atom. The molecule has 5 heteroatoms. The van der Waals surface area contributed by atoms with Crippen molar-refractivity contribution in [3.63, 3.8) is 0 Å². The number of esters is 1. The summed E-state index contributed by atoms with van der Waals surface area (Å²) in [7, 11) is 1.34. The fraction of sp³-hybridized carbons (Fsp3) is 0.545. The highest BCUT2D eigenvalue weighted by Crippen LogP contribution is 2.23. The van der Waals surface area contributed by atoms with Gasteiger partial charge in [-0.1, -0.05) is 6.92 Å². The Morgan fingerprint density at radius 1 is 1.62 bits per heavy atom. The second kappa shape index (κ2) is 5.96. The molecule has 0 bridgehead atoms. The molecule has 0 saturated heterocycles. The fourth-order valence-corrected chi connectivity index (χ4v) is 2.01. The molecule has 0 unspecified atom stereocenters. The molecule has 0 spiro atoms. The summed E-state index contributed by atoms with van der Waals surface area (Å²) in [5.41, 5.74) is 0.452. The molecular formula is C11H16O4S. The van der Waals surface area contributed by atoms with Gasteiger partial charge in [0.1, 0.15) is 11.3 Å². The van der Waals surface area contributed by atoms with Gasteiger partial charge in [0, 0.05) is 5.25 Å². The molecule has 4 nitrogen and oxygen atoms in total. The number of carbonyl (C=O) groups is 1. The number of aliphatic hydroxyl groups is 1. The molecular weight excluding hydrogens is 228 g/mol. The van der Waals surface area contributed by atoms with Gasteiger partial charge in [-0.25, -0.2) is 4.79 Å². The Labute approximate surface area is 99.0 Å². The first-order valence-corrected chi connectivity index (χ1v) is 6.05. The van der Waals surface area contributed by atoms with Crippen LogP contribution in [-0.4, -0.2) is 29.5 Å². The molecule has 0 radical (unpaired) electrons. The minimum absolute atomic E-state index is 0.0931. The van der Waals surface area contributed by atoms with Crippen molar-refractivity contribution in [3.05, 3.63) is 23.7 Å². The predicted molar refractivity (Wildman–Crippen MR) is 62.5 cm³/mol. The van der Waals surface area contributed by atoms with E-state index in [1.165, 1.54) is 25.1 Å². The molecule has 1 heterocycles. The van der Waals surface area contributed by atoms with Gasteiger partial charge in [0.15, 0.2) is 0 Å². The number of methoxy groups -OCH3 is 1. The maximum absolute atomic E-state index is 11.3. The van der Waals surface area contributed by atoms with Gasteiger partial charge in [-0.05, 0) is 13.0 Å². The topological polar surface area (TPSA) is 59.7 Å². The number of ether oxygens (including phenoxy) is 1. The molecule has 1 N–H and O–H groups in total. The molecule has 16 heavy (non-hydrogen) atoms. The van der Waals surface area contributed by atoms with Crippen molar-refractivity contribution < 1.29 is 19.1 Å². The largest absolute Gasteiger partial charge is 0.468 e. The van der Waals surface area contributed by atoms with Crippen LogP contribution in [0.5, 0.6) is 0 Å². The van der Waals surface area contributed by atoms with Crippen molar-refractivity contribution in [2.75, 3.05) is 7.11 Å². The lowest BCUT2D eigenvalue weighted by Crippen LogP contribution is -2.15. The monoisotopic (exact) mass is 244 g/mol. The normalized spacial score (nSPS) is 14.5. The number of thioether (sulfide) groups is 1. The third-order valence-electron chi connectivity index (χ3n) is 2.31. The summed E-state index contributed by atoms with van der Waals surface area (Å²) in [6, 6.07) is 1.59. The summed E-state index contributed by atoms with van der Waals surface area (Å²) in [6.07, 6.45) is 1.08. The summed E-state index contributed by atoms with van der Waals surface area (Å²) in [6.45, 7) is 3.66.